The van der Waals surface area contributed by atoms with Gasteiger partial charge < -0.3 is 9.47 Å². The number of rotatable bonds is 6. The molecule has 0 aliphatic rings. The van der Waals surface area contributed by atoms with Crippen molar-refractivity contribution < 1.29 is 14.3 Å². The van der Waals surface area contributed by atoms with Gasteiger partial charge in [0, 0.05) is 5.56 Å². The van der Waals surface area contributed by atoms with Crippen molar-refractivity contribution in [3.8, 4) is 17.2 Å². The van der Waals surface area contributed by atoms with Crippen LogP contribution >= 0.6 is 0 Å². The number of ether oxygens (including phenoxy) is 2. The van der Waals surface area contributed by atoms with Crippen LogP contribution < -0.4 is 9.47 Å². The van der Waals surface area contributed by atoms with E-state index >= 15 is 0 Å². The summed E-state index contributed by atoms with van der Waals surface area (Å²) in [6.07, 6.45) is 0. The Kier molecular flexibility index (Phi) is 4.92. The fourth-order valence-corrected chi connectivity index (χ4v) is 2.39. The largest absolute Gasteiger partial charge is 0.493 e. The third-order valence-electron chi connectivity index (χ3n) is 3.53. The Bertz CT molecular complexity index is 808. The molecule has 0 saturated heterocycles. The first-order chi connectivity index (χ1) is 11.8. The van der Waals surface area contributed by atoms with E-state index in [1.54, 1.807) is 30.3 Å². The van der Waals surface area contributed by atoms with Gasteiger partial charge in [0.1, 0.15) is 17.2 Å². The number of carbonyl (C=O) groups is 1. The van der Waals surface area contributed by atoms with Crippen LogP contribution in [0, 0.1) is 0 Å². The molecule has 0 radical (unpaired) electrons. The van der Waals surface area contributed by atoms with Crippen molar-refractivity contribution in [3.05, 3.63) is 90.0 Å². The zero-order valence-electron chi connectivity index (χ0n) is 13.4. The van der Waals surface area contributed by atoms with Gasteiger partial charge in [0.25, 0.3) is 0 Å². The lowest BCUT2D eigenvalue weighted by Gasteiger charge is -2.10. The topological polar surface area (TPSA) is 35.5 Å². The van der Waals surface area contributed by atoms with Crippen LogP contribution in [0.1, 0.15) is 22.8 Å². The molecule has 0 aromatic heterocycles. The SMILES string of the molecule is CCOc1ccccc1C(=O)c1ccc(Oc2ccccc2)cc1. The first kappa shape index (κ1) is 15.8. The smallest absolute Gasteiger partial charge is 0.196 e. The molecule has 0 unspecified atom stereocenters. The van der Waals surface area contributed by atoms with Gasteiger partial charge in [0.05, 0.1) is 12.2 Å². The van der Waals surface area contributed by atoms with Crippen molar-refractivity contribution in [2.75, 3.05) is 6.61 Å². The van der Waals surface area contributed by atoms with E-state index in [9.17, 15) is 4.79 Å². The number of para-hydroxylation sites is 2. The van der Waals surface area contributed by atoms with Gasteiger partial charge in [-0.25, -0.2) is 0 Å². The number of hydrogen-bond acceptors (Lipinski definition) is 3. The number of hydrogen-bond donors (Lipinski definition) is 0. The Morgan fingerprint density at radius 2 is 1.42 bits per heavy atom. The molecular weight excluding hydrogens is 300 g/mol. The molecule has 0 heterocycles. The molecular formula is C21H18O3. The van der Waals surface area contributed by atoms with Crippen LogP contribution in [0.3, 0.4) is 0 Å². The van der Waals surface area contributed by atoms with Gasteiger partial charge in [0.15, 0.2) is 5.78 Å². The first-order valence-corrected chi connectivity index (χ1v) is 7.87. The van der Waals surface area contributed by atoms with Crippen molar-refractivity contribution in [3.63, 3.8) is 0 Å². The van der Waals surface area contributed by atoms with Crippen LogP contribution in [-0.2, 0) is 0 Å². The minimum atomic E-state index is -0.0645. The van der Waals surface area contributed by atoms with Crippen molar-refractivity contribution in [2.45, 2.75) is 6.92 Å². The maximum atomic E-state index is 12.7. The first-order valence-electron chi connectivity index (χ1n) is 7.87. The van der Waals surface area contributed by atoms with Crippen molar-refractivity contribution >= 4 is 5.78 Å². The van der Waals surface area contributed by atoms with E-state index in [1.807, 2.05) is 55.5 Å². The van der Waals surface area contributed by atoms with E-state index < -0.39 is 0 Å². The highest BCUT2D eigenvalue weighted by Crippen LogP contribution is 2.25. The highest BCUT2D eigenvalue weighted by molar-refractivity contribution is 6.10. The molecule has 0 saturated carbocycles. The number of benzene rings is 3. The maximum absolute atomic E-state index is 12.7. The molecule has 0 aliphatic heterocycles. The lowest BCUT2D eigenvalue weighted by atomic mass is 10.0. The van der Waals surface area contributed by atoms with Gasteiger partial charge in [-0.05, 0) is 55.5 Å². The van der Waals surface area contributed by atoms with Crippen molar-refractivity contribution in [1.82, 2.24) is 0 Å². The molecule has 3 aromatic carbocycles. The summed E-state index contributed by atoms with van der Waals surface area (Å²) in [5, 5.41) is 0. The molecule has 0 N–H and O–H groups in total. The summed E-state index contributed by atoms with van der Waals surface area (Å²) in [4.78, 5) is 12.7. The van der Waals surface area contributed by atoms with Gasteiger partial charge in [-0.15, -0.1) is 0 Å². The molecule has 0 bridgehead atoms. The lowest BCUT2D eigenvalue weighted by Crippen LogP contribution is -2.05. The summed E-state index contributed by atoms with van der Waals surface area (Å²) in [5.74, 6) is 1.99. The summed E-state index contributed by atoms with van der Waals surface area (Å²) in [6.45, 7) is 2.42. The van der Waals surface area contributed by atoms with Crippen LogP contribution in [0.5, 0.6) is 17.2 Å². The third-order valence-corrected chi connectivity index (χ3v) is 3.53. The summed E-state index contributed by atoms with van der Waals surface area (Å²) < 4.78 is 11.3. The molecule has 24 heavy (non-hydrogen) atoms. The molecule has 120 valence electrons. The molecule has 0 aliphatic carbocycles. The van der Waals surface area contributed by atoms with Crippen LogP contribution in [0.2, 0.25) is 0 Å². The summed E-state index contributed by atoms with van der Waals surface area (Å²) >= 11 is 0. The molecule has 3 heteroatoms. The zero-order valence-corrected chi connectivity index (χ0v) is 13.4. The predicted octanol–water partition coefficient (Wildman–Crippen LogP) is 5.11. The molecule has 0 atom stereocenters. The van der Waals surface area contributed by atoms with E-state index in [2.05, 4.69) is 0 Å². The molecule has 0 fully saturated rings. The van der Waals surface area contributed by atoms with Crippen LogP contribution in [-0.4, -0.2) is 12.4 Å². The van der Waals surface area contributed by atoms with Crippen molar-refractivity contribution in [2.24, 2.45) is 0 Å². The standard InChI is InChI=1S/C21H18O3/c1-2-23-20-11-7-6-10-19(20)21(22)16-12-14-18(15-13-16)24-17-8-4-3-5-9-17/h3-15H,2H2,1H3. The molecule has 3 nitrogen and oxygen atoms in total. The van der Waals surface area contributed by atoms with E-state index in [4.69, 9.17) is 9.47 Å². The van der Waals surface area contributed by atoms with Gasteiger partial charge in [-0.3, -0.25) is 4.79 Å². The average molecular weight is 318 g/mol. The number of carbonyl (C=O) groups excluding carboxylic acids is 1. The van der Waals surface area contributed by atoms with Crippen LogP contribution in [0.25, 0.3) is 0 Å². The van der Waals surface area contributed by atoms with E-state index in [1.165, 1.54) is 0 Å². The quantitative estimate of drug-likeness (QED) is 0.593. The summed E-state index contributed by atoms with van der Waals surface area (Å²) in [6, 6.07) is 23.9. The summed E-state index contributed by atoms with van der Waals surface area (Å²) in [5.41, 5.74) is 1.17. The second-order valence-electron chi connectivity index (χ2n) is 5.20. The van der Waals surface area contributed by atoms with E-state index in [-0.39, 0.29) is 5.78 Å². The van der Waals surface area contributed by atoms with E-state index in [0.717, 1.165) is 5.75 Å². The average Bonchev–Trinajstić information content (AvgIpc) is 2.63. The van der Waals surface area contributed by atoms with Gasteiger partial charge in [-0.1, -0.05) is 30.3 Å². The minimum Gasteiger partial charge on any atom is -0.493 e. The third kappa shape index (κ3) is 3.63. The molecule has 3 rings (SSSR count). The zero-order chi connectivity index (χ0) is 16.8. The lowest BCUT2D eigenvalue weighted by molar-refractivity contribution is 0.103. The van der Waals surface area contributed by atoms with Crippen LogP contribution in [0.15, 0.2) is 78.9 Å². The minimum absolute atomic E-state index is 0.0645. The Hall–Kier alpha value is -3.07. The van der Waals surface area contributed by atoms with Gasteiger partial charge >= 0.3 is 0 Å². The molecule has 0 amide bonds. The Balaban J connectivity index is 1.79. The predicted molar refractivity (Wildman–Crippen MR) is 94.0 cm³/mol. The van der Waals surface area contributed by atoms with Crippen molar-refractivity contribution in [1.29, 1.82) is 0 Å². The highest BCUT2D eigenvalue weighted by atomic mass is 16.5. The monoisotopic (exact) mass is 318 g/mol. The fraction of sp³-hybridized carbons (Fsp3) is 0.0952. The molecule has 3 aromatic rings. The summed E-state index contributed by atoms with van der Waals surface area (Å²) in [7, 11) is 0. The Morgan fingerprint density at radius 3 is 2.12 bits per heavy atom. The second kappa shape index (κ2) is 7.47. The Labute approximate surface area is 141 Å². The van der Waals surface area contributed by atoms with E-state index in [0.29, 0.717) is 29.2 Å². The normalized spacial score (nSPS) is 10.2. The van der Waals surface area contributed by atoms with Gasteiger partial charge in [0.2, 0.25) is 0 Å². The van der Waals surface area contributed by atoms with Gasteiger partial charge in [-0.2, -0.15) is 0 Å². The Morgan fingerprint density at radius 1 is 0.792 bits per heavy atom. The number of ketones is 1. The van der Waals surface area contributed by atoms with Crippen LogP contribution in [0.4, 0.5) is 0 Å². The maximum Gasteiger partial charge on any atom is 0.196 e. The second-order valence-corrected chi connectivity index (χ2v) is 5.20. The fourth-order valence-electron chi connectivity index (χ4n) is 2.39. The molecule has 0 spiro atoms. The highest BCUT2D eigenvalue weighted by Gasteiger charge is 2.14.